The first-order valence-electron chi connectivity index (χ1n) is 6.61. The van der Waals surface area contributed by atoms with Crippen LogP contribution in [0.2, 0.25) is 0 Å². The van der Waals surface area contributed by atoms with Gasteiger partial charge in [-0.2, -0.15) is 12.2 Å². The Morgan fingerprint density at radius 2 is 1.96 bits per heavy atom. The van der Waals surface area contributed by atoms with E-state index in [4.69, 9.17) is 4.74 Å². The molecule has 1 aliphatic rings. The van der Waals surface area contributed by atoms with Gasteiger partial charge in [0, 0.05) is 32.7 Å². The molecular weight excluding hydrogens is 488 g/mol. The van der Waals surface area contributed by atoms with Crippen molar-refractivity contribution in [2.24, 2.45) is 0 Å². The Hall–Kier alpha value is -0.526. The SMILES string of the molecule is C=CCOc1ccc(C2=[C-]C=C(I)C(=C)N2CC(F)F)cc1.[Y]. The first kappa shape index (κ1) is 20.5. The molecule has 1 heterocycles. The molecule has 2 rings (SSSR count). The van der Waals surface area contributed by atoms with Gasteiger partial charge in [-0.15, -0.1) is 34.7 Å². The number of hydrogen-bond donors (Lipinski definition) is 0. The van der Waals surface area contributed by atoms with Crippen LogP contribution in [0.4, 0.5) is 8.78 Å². The minimum atomic E-state index is -2.45. The average molecular weight is 503 g/mol. The fraction of sp³-hybridized carbons (Fsp3) is 0.176. The molecule has 1 radical (unpaired) electrons. The predicted octanol–water partition coefficient (Wildman–Crippen LogP) is 4.81. The second-order valence-corrected chi connectivity index (χ2v) is 5.72. The molecule has 0 saturated carbocycles. The molecular formula is C17H15F2INOY-. The first-order chi connectivity index (χ1) is 10.5. The molecule has 0 N–H and O–H groups in total. The summed E-state index contributed by atoms with van der Waals surface area (Å²) < 4.78 is 31.9. The molecule has 0 saturated heterocycles. The van der Waals surface area contributed by atoms with Gasteiger partial charge in [0.1, 0.15) is 12.4 Å². The van der Waals surface area contributed by atoms with Gasteiger partial charge in [-0.1, -0.05) is 34.1 Å². The topological polar surface area (TPSA) is 12.5 Å². The van der Waals surface area contributed by atoms with Crippen LogP contribution in [0.1, 0.15) is 5.56 Å². The number of hydrogen-bond acceptors (Lipinski definition) is 2. The van der Waals surface area contributed by atoms with Crippen molar-refractivity contribution in [3.8, 4) is 5.75 Å². The molecule has 2 nitrogen and oxygen atoms in total. The Morgan fingerprint density at radius 1 is 1.30 bits per heavy atom. The summed E-state index contributed by atoms with van der Waals surface area (Å²) in [7, 11) is 0. The Bertz CT molecular complexity index is 626. The number of allylic oxidation sites excluding steroid dienone is 3. The molecule has 1 aromatic rings. The Balaban J connectivity index is 0.00000264. The summed E-state index contributed by atoms with van der Waals surface area (Å²) in [6, 6.07) is 7.22. The minimum Gasteiger partial charge on any atom is -0.490 e. The van der Waals surface area contributed by atoms with E-state index >= 15 is 0 Å². The number of ether oxygens (including phenoxy) is 1. The molecule has 0 unspecified atom stereocenters. The van der Waals surface area contributed by atoms with Gasteiger partial charge in [0.15, 0.2) is 0 Å². The summed E-state index contributed by atoms with van der Waals surface area (Å²) in [6.45, 7) is 7.48. The van der Waals surface area contributed by atoms with Crippen LogP contribution >= 0.6 is 22.6 Å². The van der Waals surface area contributed by atoms with Crippen LogP contribution in [0.3, 0.4) is 0 Å². The average Bonchev–Trinajstić information content (AvgIpc) is 2.50. The number of nitrogens with zero attached hydrogens (tertiary/aromatic N) is 1. The van der Waals surface area contributed by atoms with Gasteiger partial charge in [0.2, 0.25) is 0 Å². The summed E-state index contributed by atoms with van der Waals surface area (Å²) in [4.78, 5) is 1.49. The summed E-state index contributed by atoms with van der Waals surface area (Å²) in [5.41, 5.74) is 1.93. The van der Waals surface area contributed by atoms with Crippen molar-refractivity contribution < 1.29 is 46.2 Å². The molecule has 23 heavy (non-hydrogen) atoms. The van der Waals surface area contributed by atoms with Crippen LogP contribution in [0.15, 0.2) is 58.9 Å². The fourth-order valence-corrected chi connectivity index (χ4v) is 2.45. The molecule has 119 valence electrons. The molecule has 0 atom stereocenters. The van der Waals surface area contributed by atoms with Gasteiger partial charge in [0.25, 0.3) is 6.43 Å². The molecule has 0 aliphatic carbocycles. The smallest absolute Gasteiger partial charge is 0.256 e. The van der Waals surface area contributed by atoms with Gasteiger partial charge >= 0.3 is 0 Å². The van der Waals surface area contributed by atoms with E-state index in [9.17, 15) is 8.78 Å². The van der Waals surface area contributed by atoms with Gasteiger partial charge in [0.05, 0.1) is 6.54 Å². The molecule has 1 aromatic carbocycles. The zero-order valence-electron chi connectivity index (χ0n) is 12.4. The van der Waals surface area contributed by atoms with E-state index in [0.29, 0.717) is 23.8 Å². The second-order valence-electron chi connectivity index (χ2n) is 4.56. The second kappa shape index (κ2) is 9.69. The Morgan fingerprint density at radius 3 is 2.52 bits per heavy atom. The van der Waals surface area contributed by atoms with E-state index in [-0.39, 0.29) is 32.7 Å². The van der Waals surface area contributed by atoms with Crippen LogP contribution in [0.5, 0.6) is 5.75 Å². The number of rotatable bonds is 6. The van der Waals surface area contributed by atoms with E-state index in [1.807, 2.05) is 12.1 Å². The van der Waals surface area contributed by atoms with Crippen molar-refractivity contribution in [3.63, 3.8) is 0 Å². The largest absolute Gasteiger partial charge is 0.490 e. The fourth-order valence-electron chi connectivity index (χ4n) is 2.00. The predicted molar refractivity (Wildman–Crippen MR) is 92.7 cm³/mol. The van der Waals surface area contributed by atoms with Crippen molar-refractivity contribution in [2.45, 2.75) is 6.43 Å². The van der Waals surface area contributed by atoms with Gasteiger partial charge < -0.3 is 9.64 Å². The third kappa shape index (κ3) is 5.50. The van der Waals surface area contributed by atoms with Crippen molar-refractivity contribution in [1.29, 1.82) is 0 Å². The van der Waals surface area contributed by atoms with Gasteiger partial charge in [-0.25, -0.2) is 8.78 Å². The number of halogens is 3. The molecule has 0 fully saturated rings. The number of alkyl halides is 2. The van der Waals surface area contributed by atoms with E-state index in [1.165, 1.54) is 4.90 Å². The zero-order valence-corrected chi connectivity index (χ0v) is 17.4. The third-order valence-corrected chi connectivity index (χ3v) is 3.96. The van der Waals surface area contributed by atoms with Crippen LogP contribution in [-0.2, 0) is 32.7 Å². The standard InChI is InChI=1S/C17H15F2INO.Y/c1-3-10-22-14-6-4-13(5-7-14)16-9-8-15(20)12(2)21(16)11-17(18)19;/h3-8,17H,1-2,10-11H2;/q-1;. The first-order valence-corrected chi connectivity index (χ1v) is 7.69. The monoisotopic (exact) mass is 503 g/mol. The summed E-state index contributed by atoms with van der Waals surface area (Å²) in [6.07, 6.45) is 4.01. The van der Waals surface area contributed by atoms with Crippen molar-refractivity contribution in [3.05, 3.63) is 70.5 Å². The Labute approximate surface area is 174 Å². The van der Waals surface area contributed by atoms with E-state index in [1.54, 1.807) is 24.3 Å². The van der Waals surface area contributed by atoms with Crippen LogP contribution in [-0.4, -0.2) is 24.5 Å². The maximum Gasteiger partial charge on any atom is 0.256 e. The molecule has 0 spiro atoms. The molecule has 0 aromatic heterocycles. The van der Waals surface area contributed by atoms with Crippen molar-refractivity contribution in [2.75, 3.05) is 13.2 Å². The Kier molecular flexibility index (Phi) is 8.65. The van der Waals surface area contributed by atoms with Gasteiger partial charge in [-0.3, -0.25) is 0 Å². The summed E-state index contributed by atoms with van der Waals surface area (Å²) in [5, 5.41) is 0. The van der Waals surface area contributed by atoms with Crippen molar-refractivity contribution >= 4 is 28.3 Å². The minimum absolute atomic E-state index is 0. The normalized spacial score (nSPS) is 14.1. The molecule has 6 heteroatoms. The van der Waals surface area contributed by atoms with Crippen LogP contribution in [0.25, 0.3) is 5.70 Å². The van der Waals surface area contributed by atoms with E-state index in [0.717, 1.165) is 9.14 Å². The van der Waals surface area contributed by atoms with E-state index in [2.05, 4.69) is 41.8 Å². The van der Waals surface area contributed by atoms with Crippen LogP contribution in [0, 0.1) is 6.08 Å². The third-order valence-electron chi connectivity index (χ3n) is 3.02. The molecule has 0 amide bonds. The summed E-state index contributed by atoms with van der Waals surface area (Å²) in [5.74, 6) is 0.699. The molecule has 1 aliphatic heterocycles. The quantitative estimate of drug-likeness (QED) is 0.314. The maximum atomic E-state index is 12.8. The van der Waals surface area contributed by atoms with E-state index < -0.39 is 13.0 Å². The van der Waals surface area contributed by atoms with Crippen LogP contribution < -0.4 is 4.74 Å². The maximum absolute atomic E-state index is 12.8. The van der Waals surface area contributed by atoms with Crippen molar-refractivity contribution in [1.82, 2.24) is 4.90 Å². The molecule has 0 bridgehead atoms. The zero-order chi connectivity index (χ0) is 16.1. The van der Waals surface area contributed by atoms with Gasteiger partial charge in [-0.05, 0) is 17.8 Å². The number of benzene rings is 1. The summed E-state index contributed by atoms with van der Waals surface area (Å²) >= 11 is 2.06.